The van der Waals surface area contributed by atoms with E-state index in [0.717, 1.165) is 5.56 Å². The van der Waals surface area contributed by atoms with Crippen LogP contribution in [0.25, 0.3) is 11.4 Å². The lowest BCUT2D eigenvalue weighted by molar-refractivity contribution is -0.255. The number of hydrogen-bond donors (Lipinski definition) is 1. The summed E-state index contributed by atoms with van der Waals surface area (Å²) in [5, 5.41) is 24.5. The summed E-state index contributed by atoms with van der Waals surface area (Å²) in [6.45, 7) is 2.60. The molecule has 1 amide bonds. The Hall–Kier alpha value is -3.17. The highest BCUT2D eigenvalue weighted by molar-refractivity contribution is 7.99. The molecule has 0 saturated heterocycles. The van der Waals surface area contributed by atoms with Gasteiger partial charge < -0.3 is 14.5 Å². The number of nitrogens with one attached hydrogen (secondary N) is 1. The molecule has 30 heavy (non-hydrogen) atoms. The molecule has 3 aromatic rings. The maximum Gasteiger partial charge on any atom is 0.250 e. The fourth-order valence-corrected chi connectivity index (χ4v) is 3.55. The van der Waals surface area contributed by atoms with Crippen molar-refractivity contribution in [1.29, 1.82) is 0 Å². The summed E-state index contributed by atoms with van der Waals surface area (Å²) in [6, 6.07) is 13.5. The molecule has 0 fully saturated rings. The number of carbonyl (C=O) groups is 2. The highest BCUT2D eigenvalue weighted by Crippen LogP contribution is 2.25. The number of nitrogens with zero attached hydrogens (tertiary/aromatic N) is 4. The number of carboxylic acid groups (broad SMARTS) is 1. The average molecular weight is 443 g/mol. The number of benzene rings is 2. The lowest BCUT2D eigenvalue weighted by Gasteiger charge is -2.07. The third-order valence-corrected chi connectivity index (χ3v) is 5.26. The molecule has 1 heterocycles. The van der Waals surface area contributed by atoms with Crippen molar-refractivity contribution in [1.82, 2.24) is 20.2 Å². The summed E-state index contributed by atoms with van der Waals surface area (Å²) in [7, 11) is 0. The van der Waals surface area contributed by atoms with Crippen molar-refractivity contribution in [3.05, 3.63) is 64.7 Å². The molecule has 0 radical (unpaired) electrons. The van der Waals surface area contributed by atoms with E-state index in [1.165, 1.54) is 24.0 Å². The summed E-state index contributed by atoms with van der Waals surface area (Å²) in [6.07, 6.45) is 1.26. The van der Waals surface area contributed by atoms with Gasteiger partial charge in [0.05, 0.1) is 17.9 Å². The molecule has 1 N–H and O–H groups in total. The quantitative estimate of drug-likeness (QED) is 0.325. The maximum absolute atomic E-state index is 12.1. The third kappa shape index (κ3) is 5.25. The molecule has 8 nitrogen and oxygen atoms in total. The van der Waals surface area contributed by atoms with Gasteiger partial charge in [0.2, 0.25) is 0 Å². The molecular weight excluding hydrogens is 426 g/mol. The van der Waals surface area contributed by atoms with E-state index in [-0.39, 0.29) is 17.2 Å². The van der Waals surface area contributed by atoms with E-state index < -0.39 is 5.97 Å². The van der Waals surface area contributed by atoms with Gasteiger partial charge in [-0.05, 0) is 31.2 Å². The van der Waals surface area contributed by atoms with Gasteiger partial charge in [-0.25, -0.2) is 5.43 Å². The molecule has 2 aromatic carbocycles. The number of carboxylic acids is 1. The predicted molar refractivity (Wildman–Crippen MR) is 113 cm³/mol. The van der Waals surface area contributed by atoms with Crippen molar-refractivity contribution in [2.24, 2.45) is 5.10 Å². The first kappa shape index (κ1) is 21.5. The van der Waals surface area contributed by atoms with E-state index in [4.69, 9.17) is 11.6 Å². The largest absolute Gasteiger partial charge is 0.545 e. The first-order valence-electron chi connectivity index (χ1n) is 8.93. The Labute approximate surface area is 182 Å². The highest BCUT2D eigenvalue weighted by Gasteiger charge is 2.14. The van der Waals surface area contributed by atoms with Crippen LogP contribution in [0.3, 0.4) is 0 Å². The zero-order chi connectivity index (χ0) is 21.5. The molecule has 0 aliphatic carbocycles. The van der Waals surface area contributed by atoms with Crippen LogP contribution in [-0.4, -0.2) is 38.6 Å². The van der Waals surface area contributed by atoms with Gasteiger partial charge in [0.1, 0.15) is 0 Å². The molecule has 3 rings (SSSR count). The molecule has 0 atom stereocenters. The Kier molecular flexibility index (Phi) is 7.21. The van der Waals surface area contributed by atoms with Crippen LogP contribution in [0.2, 0.25) is 5.02 Å². The third-order valence-electron chi connectivity index (χ3n) is 4.04. The minimum Gasteiger partial charge on any atom is -0.545 e. The van der Waals surface area contributed by atoms with Crippen LogP contribution < -0.4 is 10.5 Å². The molecule has 0 unspecified atom stereocenters. The fraction of sp³-hybridized carbons (Fsp3) is 0.150. The van der Waals surface area contributed by atoms with Crippen molar-refractivity contribution < 1.29 is 14.7 Å². The summed E-state index contributed by atoms with van der Waals surface area (Å²) in [4.78, 5) is 23.2. The molecule has 0 saturated carbocycles. The second kappa shape index (κ2) is 10.0. The number of carbonyl (C=O) groups excluding carboxylic acids is 2. The molecule has 10 heteroatoms. The zero-order valence-electron chi connectivity index (χ0n) is 15.9. The van der Waals surface area contributed by atoms with Crippen molar-refractivity contribution in [2.45, 2.75) is 18.6 Å². The van der Waals surface area contributed by atoms with Gasteiger partial charge in [0.25, 0.3) is 5.91 Å². The summed E-state index contributed by atoms with van der Waals surface area (Å²) < 4.78 is 1.90. The van der Waals surface area contributed by atoms with Crippen LogP contribution in [-0.2, 0) is 11.3 Å². The maximum atomic E-state index is 12.1. The molecule has 0 bridgehead atoms. The summed E-state index contributed by atoms with van der Waals surface area (Å²) >= 11 is 7.16. The van der Waals surface area contributed by atoms with Gasteiger partial charge in [-0.2, -0.15) is 5.10 Å². The Balaban J connectivity index is 1.61. The van der Waals surface area contributed by atoms with Crippen LogP contribution in [0.15, 0.2) is 58.8 Å². The number of halogens is 1. The number of thioether (sulfide) groups is 1. The number of hydrazone groups is 1. The van der Waals surface area contributed by atoms with Crippen molar-refractivity contribution in [3.8, 4) is 11.4 Å². The van der Waals surface area contributed by atoms with Crippen LogP contribution in [0, 0.1) is 0 Å². The van der Waals surface area contributed by atoms with Crippen LogP contribution in [0.4, 0.5) is 0 Å². The highest BCUT2D eigenvalue weighted by atomic mass is 35.5. The van der Waals surface area contributed by atoms with E-state index in [1.807, 2.05) is 23.6 Å². The fourth-order valence-electron chi connectivity index (χ4n) is 2.62. The van der Waals surface area contributed by atoms with Gasteiger partial charge >= 0.3 is 0 Å². The first-order valence-corrected chi connectivity index (χ1v) is 10.3. The number of aromatic carboxylic acids is 1. The standard InChI is InChI=1S/C20H18ClN5O3S/c1-2-26-18(13-7-9-15(21)10-8-13)24-25-20(26)30-12-17(27)23-22-11-14-5-3-4-6-16(14)19(28)29/h3-11H,2,12H2,1H3,(H,23,27)(H,28,29)/p-1/b22-11-. The summed E-state index contributed by atoms with van der Waals surface area (Å²) in [5.41, 5.74) is 3.58. The van der Waals surface area contributed by atoms with E-state index >= 15 is 0 Å². The topological polar surface area (TPSA) is 112 Å². The monoisotopic (exact) mass is 442 g/mol. The molecule has 0 aliphatic heterocycles. The molecular formula is C20H17ClN5O3S-. The molecule has 1 aromatic heterocycles. The molecule has 154 valence electrons. The SMILES string of the molecule is CCn1c(SCC(=O)N/N=C\c2ccccc2C(=O)[O-])nnc1-c1ccc(Cl)cc1. The normalized spacial score (nSPS) is 11.0. The van der Waals surface area contributed by atoms with Gasteiger partial charge in [-0.3, -0.25) is 4.79 Å². The molecule has 0 spiro atoms. The summed E-state index contributed by atoms with van der Waals surface area (Å²) in [5.74, 6) is -0.915. The zero-order valence-corrected chi connectivity index (χ0v) is 17.5. The van der Waals surface area contributed by atoms with E-state index in [9.17, 15) is 14.7 Å². The number of rotatable bonds is 8. The van der Waals surface area contributed by atoms with Crippen molar-refractivity contribution in [3.63, 3.8) is 0 Å². The second-order valence-electron chi connectivity index (χ2n) is 6.01. The first-order chi connectivity index (χ1) is 14.5. The lowest BCUT2D eigenvalue weighted by atomic mass is 10.1. The average Bonchev–Trinajstić information content (AvgIpc) is 3.16. The van der Waals surface area contributed by atoms with Crippen LogP contribution in [0.1, 0.15) is 22.8 Å². The van der Waals surface area contributed by atoms with Gasteiger partial charge in [0.15, 0.2) is 11.0 Å². The smallest absolute Gasteiger partial charge is 0.250 e. The van der Waals surface area contributed by atoms with Crippen molar-refractivity contribution >= 4 is 41.5 Å². The minimum atomic E-state index is -1.31. The Morgan fingerprint density at radius 3 is 2.63 bits per heavy atom. The lowest BCUT2D eigenvalue weighted by Crippen LogP contribution is -2.24. The number of amides is 1. The van der Waals surface area contributed by atoms with E-state index in [0.29, 0.717) is 28.1 Å². The minimum absolute atomic E-state index is 0.00403. The number of hydrogen-bond acceptors (Lipinski definition) is 7. The van der Waals surface area contributed by atoms with E-state index in [1.54, 1.807) is 30.3 Å². The second-order valence-corrected chi connectivity index (χ2v) is 7.39. The number of aromatic nitrogens is 3. The molecule has 0 aliphatic rings. The Morgan fingerprint density at radius 1 is 1.20 bits per heavy atom. The van der Waals surface area contributed by atoms with Gasteiger partial charge in [-0.15, -0.1) is 10.2 Å². The van der Waals surface area contributed by atoms with Gasteiger partial charge in [-0.1, -0.05) is 47.6 Å². The van der Waals surface area contributed by atoms with Crippen LogP contribution in [0.5, 0.6) is 0 Å². The Bertz CT molecular complexity index is 1080. The van der Waals surface area contributed by atoms with Gasteiger partial charge in [0, 0.05) is 28.3 Å². The predicted octanol–water partition coefficient (Wildman–Crippen LogP) is 2.22. The van der Waals surface area contributed by atoms with E-state index in [2.05, 4.69) is 20.7 Å². The van der Waals surface area contributed by atoms with Crippen molar-refractivity contribution in [2.75, 3.05) is 5.75 Å². The van der Waals surface area contributed by atoms with Crippen LogP contribution >= 0.6 is 23.4 Å². The Morgan fingerprint density at radius 2 is 1.93 bits per heavy atom.